The molecule has 2 aromatic carbocycles. The van der Waals surface area contributed by atoms with Crippen LogP contribution in [-0.4, -0.2) is 9.91 Å². The summed E-state index contributed by atoms with van der Waals surface area (Å²) in [6.07, 6.45) is 0. The molecular weight excluding hydrogens is 300 g/mol. The van der Waals surface area contributed by atoms with Gasteiger partial charge in [0.25, 0.3) is 5.69 Å². The van der Waals surface area contributed by atoms with E-state index in [0.717, 1.165) is 0 Å². The number of aromatic nitrogens is 1. The van der Waals surface area contributed by atoms with Crippen LogP contribution in [0.3, 0.4) is 0 Å². The Balaban J connectivity index is 1.96. The third-order valence-electron chi connectivity index (χ3n) is 3.45. The lowest BCUT2D eigenvalue weighted by Crippen LogP contribution is -2.03. The molecule has 0 atom stereocenters. The van der Waals surface area contributed by atoms with Gasteiger partial charge in [-0.3, -0.25) is 10.1 Å². The molecule has 4 rings (SSSR count). The molecule has 0 aliphatic rings. The molecule has 2 aromatic heterocycles. The highest BCUT2D eigenvalue weighted by Crippen LogP contribution is 2.26. The number of hydrogen-bond acceptors (Lipinski definition) is 6. The van der Waals surface area contributed by atoms with Crippen LogP contribution in [0.15, 0.2) is 62.2 Å². The van der Waals surface area contributed by atoms with Crippen LogP contribution in [0.5, 0.6) is 0 Å². The molecule has 0 saturated carbocycles. The first-order chi connectivity index (χ1) is 11.1. The summed E-state index contributed by atoms with van der Waals surface area (Å²) in [6, 6.07) is 12.6. The molecule has 7 nitrogen and oxygen atoms in total. The van der Waals surface area contributed by atoms with Gasteiger partial charge in [-0.2, -0.15) is 0 Å². The molecule has 0 amide bonds. The Bertz CT molecular complexity index is 1090. The number of para-hydroxylation sites is 2. The number of benzene rings is 2. The van der Waals surface area contributed by atoms with Crippen molar-refractivity contribution in [2.45, 2.75) is 0 Å². The van der Waals surface area contributed by atoms with Gasteiger partial charge in [0.1, 0.15) is 16.7 Å². The van der Waals surface area contributed by atoms with Crippen LogP contribution < -0.4 is 5.63 Å². The van der Waals surface area contributed by atoms with E-state index in [2.05, 4.69) is 4.98 Å². The fourth-order valence-corrected chi connectivity index (χ4v) is 2.36. The Hall–Kier alpha value is -3.48. The van der Waals surface area contributed by atoms with Crippen LogP contribution in [-0.2, 0) is 0 Å². The predicted octanol–water partition coefficient (Wildman–Crippen LogP) is 3.51. The molecule has 0 fully saturated rings. The minimum absolute atomic E-state index is 0.0881. The molecule has 23 heavy (non-hydrogen) atoms. The van der Waals surface area contributed by atoms with Crippen molar-refractivity contribution in [2.75, 3.05) is 0 Å². The van der Waals surface area contributed by atoms with Crippen LogP contribution in [0.1, 0.15) is 0 Å². The largest absolute Gasteiger partial charge is 0.436 e. The van der Waals surface area contributed by atoms with Crippen molar-refractivity contribution < 1.29 is 13.8 Å². The van der Waals surface area contributed by atoms with Crippen molar-refractivity contribution in [3.8, 4) is 11.5 Å². The summed E-state index contributed by atoms with van der Waals surface area (Å²) >= 11 is 0. The fourth-order valence-electron chi connectivity index (χ4n) is 2.36. The maximum absolute atomic E-state index is 12.1. The van der Waals surface area contributed by atoms with Crippen LogP contribution in [0, 0.1) is 10.1 Å². The molecule has 112 valence electrons. The van der Waals surface area contributed by atoms with Crippen LogP contribution >= 0.6 is 0 Å². The lowest BCUT2D eigenvalue weighted by Gasteiger charge is -1.99. The van der Waals surface area contributed by atoms with Crippen LogP contribution in [0.2, 0.25) is 0 Å². The summed E-state index contributed by atoms with van der Waals surface area (Å²) in [4.78, 5) is 26.7. The van der Waals surface area contributed by atoms with E-state index in [0.29, 0.717) is 16.5 Å². The van der Waals surface area contributed by atoms with Crippen molar-refractivity contribution in [3.05, 3.63) is 69.1 Å². The quantitative estimate of drug-likeness (QED) is 0.319. The Morgan fingerprint density at radius 1 is 1.00 bits per heavy atom. The Morgan fingerprint density at radius 3 is 2.61 bits per heavy atom. The first-order valence-corrected chi connectivity index (χ1v) is 6.70. The summed E-state index contributed by atoms with van der Waals surface area (Å²) in [5.74, 6) is 0.119. The van der Waals surface area contributed by atoms with Gasteiger partial charge in [-0.05, 0) is 24.3 Å². The molecule has 0 saturated heterocycles. The van der Waals surface area contributed by atoms with Gasteiger partial charge >= 0.3 is 5.63 Å². The molecule has 2 heterocycles. The standard InChI is InChI=1S/C16H8N2O5/c19-16-11(15-17-12-3-1-2-4-14(12)22-15)8-9-7-10(18(20)21)5-6-13(9)23-16/h1-8H. The number of nitro groups is 1. The summed E-state index contributed by atoms with van der Waals surface area (Å²) < 4.78 is 10.8. The molecule has 4 aromatic rings. The van der Waals surface area contributed by atoms with E-state index in [-0.39, 0.29) is 22.7 Å². The second-order valence-electron chi connectivity index (χ2n) is 4.91. The molecule has 0 N–H and O–H groups in total. The van der Waals surface area contributed by atoms with E-state index in [1.807, 2.05) is 0 Å². The van der Waals surface area contributed by atoms with Crippen molar-refractivity contribution in [2.24, 2.45) is 0 Å². The van der Waals surface area contributed by atoms with Crippen LogP contribution in [0.25, 0.3) is 33.5 Å². The smallest absolute Gasteiger partial charge is 0.349 e. The average Bonchev–Trinajstić information content (AvgIpc) is 2.97. The molecule has 0 spiro atoms. The van der Waals surface area contributed by atoms with Gasteiger partial charge in [0.2, 0.25) is 5.89 Å². The lowest BCUT2D eigenvalue weighted by atomic mass is 10.1. The maximum atomic E-state index is 12.1. The number of rotatable bonds is 2. The van der Waals surface area contributed by atoms with E-state index in [9.17, 15) is 14.9 Å². The lowest BCUT2D eigenvalue weighted by molar-refractivity contribution is -0.384. The minimum atomic E-state index is -0.613. The SMILES string of the molecule is O=c1oc2ccc([N+](=O)[O-])cc2cc1-c1nc2ccccc2o1. The highest BCUT2D eigenvalue weighted by molar-refractivity contribution is 5.83. The van der Waals surface area contributed by atoms with E-state index in [1.165, 1.54) is 24.3 Å². The predicted molar refractivity (Wildman–Crippen MR) is 82.1 cm³/mol. The zero-order chi connectivity index (χ0) is 16.0. The minimum Gasteiger partial charge on any atom is -0.436 e. The second kappa shape index (κ2) is 4.77. The van der Waals surface area contributed by atoms with Gasteiger partial charge in [-0.15, -0.1) is 0 Å². The molecule has 0 aliphatic carbocycles. The summed E-state index contributed by atoms with van der Waals surface area (Å²) in [5, 5.41) is 11.3. The summed E-state index contributed by atoms with van der Waals surface area (Å²) in [5.41, 5.74) is 0.838. The molecule has 7 heteroatoms. The third kappa shape index (κ3) is 2.15. The number of fused-ring (bicyclic) bond motifs is 2. The number of non-ortho nitro benzene ring substituents is 1. The molecule has 0 unspecified atom stereocenters. The fraction of sp³-hybridized carbons (Fsp3) is 0. The van der Waals surface area contributed by atoms with Gasteiger partial charge in [0, 0.05) is 17.5 Å². The molecule has 0 bridgehead atoms. The zero-order valence-electron chi connectivity index (χ0n) is 11.6. The van der Waals surface area contributed by atoms with E-state index < -0.39 is 10.5 Å². The topological polar surface area (TPSA) is 99.4 Å². The molecule has 0 radical (unpaired) electrons. The number of nitro benzene ring substituents is 1. The highest BCUT2D eigenvalue weighted by atomic mass is 16.6. The first kappa shape index (κ1) is 13.2. The maximum Gasteiger partial charge on any atom is 0.349 e. The van der Waals surface area contributed by atoms with E-state index in [4.69, 9.17) is 8.83 Å². The summed E-state index contributed by atoms with van der Waals surface area (Å²) in [7, 11) is 0. The van der Waals surface area contributed by atoms with Crippen molar-refractivity contribution in [1.29, 1.82) is 0 Å². The van der Waals surface area contributed by atoms with Crippen molar-refractivity contribution in [3.63, 3.8) is 0 Å². The highest BCUT2D eigenvalue weighted by Gasteiger charge is 2.16. The van der Waals surface area contributed by atoms with Gasteiger partial charge in [-0.1, -0.05) is 12.1 Å². The third-order valence-corrected chi connectivity index (χ3v) is 3.45. The van der Waals surface area contributed by atoms with E-state index in [1.54, 1.807) is 24.3 Å². The molecule has 0 aliphatic heterocycles. The van der Waals surface area contributed by atoms with E-state index >= 15 is 0 Å². The van der Waals surface area contributed by atoms with Gasteiger partial charge in [0.15, 0.2) is 5.58 Å². The Morgan fingerprint density at radius 2 is 1.83 bits per heavy atom. The summed E-state index contributed by atoms with van der Waals surface area (Å²) in [6.45, 7) is 0. The number of hydrogen-bond donors (Lipinski definition) is 0. The normalized spacial score (nSPS) is 11.1. The monoisotopic (exact) mass is 308 g/mol. The molecular formula is C16H8N2O5. The van der Waals surface area contributed by atoms with Gasteiger partial charge in [0.05, 0.1) is 4.92 Å². The van der Waals surface area contributed by atoms with Gasteiger partial charge in [-0.25, -0.2) is 9.78 Å². The Kier molecular flexibility index (Phi) is 2.74. The van der Waals surface area contributed by atoms with Crippen molar-refractivity contribution in [1.82, 2.24) is 4.98 Å². The Labute approximate surface area is 127 Å². The number of oxazole rings is 1. The second-order valence-corrected chi connectivity index (χ2v) is 4.91. The van der Waals surface area contributed by atoms with Crippen LogP contribution in [0.4, 0.5) is 5.69 Å². The number of nitrogens with zero attached hydrogens (tertiary/aromatic N) is 2. The first-order valence-electron chi connectivity index (χ1n) is 6.70. The van der Waals surface area contributed by atoms with Gasteiger partial charge < -0.3 is 8.83 Å². The van der Waals surface area contributed by atoms with Crippen molar-refractivity contribution >= 4 is 27.8 Å². The zero-order valence-corrected chi connectivity index (χ0v) is 11.6. The average molecular weight is 308 g/mol.